The highest BCUT2D eigenvalue weighted by atomic mass is 16.1. The average Bonchev–Trinajstić information content (AvgIpc) is 3.38. The van der Waals surface area contributed by atoms with Gasteiger partial charge in [-0.15, -0.1) is 10.2 Å². The van der Waals surface area contributed by atoms with Gasteiger partial charge >= 0.3 is 0 Å². The maximum atomic E-state index is 12.2. The summed E-state index contributed by atoms with van der Waals surface area (Å²) >= 11 is 0. The van der Waals surface area contributed by atoms with E-state index >= 15 is 0 Å². The molecule has 5 heteroatoms. The lowest BCUT2D eigenvalue weighted by molar-refractivity contribution is 0.0958. The zero-order chi connectivity index (χ0) is 16.6. The fourth-order valence-corrected chi connectivity index (χ4v) is 2.74. The van der Waals surface area contributed by atoms with E-state index in [1.54, 1.807) is 7.05 Å². The molecule has 1 aromatic heterocycles. The molecule has 5 nitrogen and oxygen atoms in total. The molecule has 0 radical (unpaired) electrons. The van der Waals surface area contributed by atoms with Crippen LogP contribution in [0.15, 0.2) is 24.8 Å². The molecule has 1 saturated carbocycles. The number of rotatable bonds is 5. The molecule has 3 rings (SSSR count). The van der Waals surface area contributed by atoms with Gasteiger partial charge in [0.15, 0.2) is 5.69 Å². The minimum Gasteiger partial charge on any atom is -0.380 e. The van der Waals surface area contributed by atoms with Gasteiger partial charge < -0.3 is 10.6 Å². The molecule has 0 saturated heterocycles. The van der Waals surface area contributed by atoms with Crippen LogP contribution in [0, 0.1) is 5.92 Å². The Kier molecular flexibility index (Phi) is 4.03. The van der Waals surface area contributed by atoms with Crippen LogP contribution < -0.4 is 10.6 Å². The molecule has 1 fully saturated rings. The summed E-state index contributed by atoms with van der Waals surface area (Å²) in [4.78, 5) is 12.2. The van der Waals surface area contributed by atoms with E-state index in [0.717, 1.165) is 27.7 Å². The van der Waals surface area contributed by atoms with Crippen molar-refractivity contribution < 1.29 is 4.79 Å². The van der Waals surface area contributed by atoms with E-state index < -0.39 is 0 Å². The highest BCUT2D eigenvalue weighted by molar-refractivity contribution is 6.05. The van der Waals surface area contributed by atoms with Gasteiger partial charge in [0.05, 0.1) is 11.2 Å². The summed E-state index contributed by atoms with van der Waals surface area (Å²) in [5.74, 6) is 0.444. The molecular formula is C18H22N4O. The molecule has 1 aromatic carbocycles. The minimum absolute atomic E-state index is 0.228. The molecule has 0 aliphatic heterocycles. The largest absolute Gasteiger partial charge is 0.380 e. The van der Waals surface area contributed by atoms with Gasteiger partial charge in [-0.25, -0.2) is 0 Å². The smallest absolute Gasteiger partial charge is 0.273 e. The van der Waals surface area contributed by atoms with E-state index in [-0.39, 0.29) is 5.91 Å². The second kappa shape index (κ2) is 5.99. The highest BCUT2D eigenvalue weighted by Crippen LogP contribution is 2.36. The van der Waals surface area contributed by atoms with Gasteiger partial charge in [-0.1, -0.05) is 18.2 Å². The number of allylic oxidation sites excluding steroid dienone is 1. The van der Waals surface area contributed by atoms with Crippen LogP contribution in [0.1, 0.15) is 42.7 Å². The zero-order valence-corrected chi connectivity index (χ0v) is 13.8. The Bertz CT molecular complexity index is 780. The lowest BCUT2D eigenvalue weighted by Gasteiger charge is -2.18. The Morgan fingerprint density at radius 1 is 1.35 bits per heavy atom. The third-order valence-corrected chi connectivity index (χ3v) is 4.40. The van der Waals surface area contributed by atoms with Crippen molar-refractivity contribution in [3.05, 3.63) is 36.0 Å². The molecule has 1 aliphatic rings. The number of anilines is 1. The number of benzene rings is 1. The Labute approximate surface area is 136 Å². The normalized spacial score (nSPS) is 15.3. The summed E-state index contributed by atoms with van der Waals surface area (Å²) in [6.07, 6.45) is 2.47. The molecule has 23 heavy (non-hydrogen) atoms. The summed E-state index contributed by atoms with van der Waals surface area (Å²) in [6.45, 7) is 8.08. The number of hydrogen-bond acceptors (Lipinski definition) is 4. The summed E-state index contributed by atoms with van der Waals surface area (Å²) in [5, 5.41) is 15.4. The summed E-state index contributed by atoms with van der Waals surface area (Å²) in [7, 11) is 1.60. The minimum atomic E-state index is -0.228. The molecule has 1 amide bonds. The predicted molar refractivity (Wildman–Crippen MR) is 93.4 cm³/mol. The van der Waals surface area contributed by atoms with Crippen molar-refractivity contribution in [2.24, 2.45) is 5.92 Å². The summed E-state index contributed by atoms with van der Waals surface area (Å²) < 4.78 is 0. The molecule has 2 N–H and O–H groups in total. The quantitative estimate of drug-likeness (QED) is 0.890. The van der Waals surface area contributed by atoms with E-state index in [0.29, 0.717) is 17.7 Å². The van der Waals surface area contributed by atoms with Crippen molar-refractivity contribution in [1.82, 2.24) is 15.5 Å². The van der Waals surface area contributed by atoms with Crippen LogP contribution in [0.4, 0.5) is 5.69 Å². The molecule has 0 spiro atoms. The zero-order valence-electron chi connectivity index (χ0n) is 13.8. The topological polar surface area (TPSA) is 66.9 Å². The molecule has 1 unspecified atom stereocenters. The van der Waals surface area contributed by atoms with Gasteiger partial charge in [-0.05, 0) is 50.3 Å². The first-order valence-corrected chi connectivity index (χ1v) is 7.96. The SMILES string of the molecule is C=C(C)c1ccc2c(NC(C)C3CC3)c(C(=O)NC)nnc2c1. The molecule has 1 aliphatic carbocycles. The van der Waals surface area contributed by atoms with Gasteiger partial charge in [0.1, 0.15) is 0 Å². The van der Waals surface area contributed by atoms with Crippen LogP contribution >= 0.6 is 0 Å². The van der Waals surface area contributed by atoms with Crippen molar-refractivity contribution in [3.63, 3.8) is 0 Å². The van der Waals surface area contributed by atoms with Crippen molar-refractivity contribution in [2.75, 3.05) is 12.4 Å². The van der Waals surface area contributed by atoms with Crippen molar-refractivity contribution in [2.45, 2.75) is 32.7 Å². The molecule has 1 atom stereocenters. The van der Waals surface area contributed by atoms with Crippen LogP contribution in [0.5, 0.6) is 0 Å². The first kappa shape index (κ1) is 15.5. The molecule has 1 heterocycles. The second-order valence-corrected chi connectivity index (χ2v) is 6.29. The number of carbonyl (C=O) groups excluding carboxylic acids is 1. The Hall–Kier alpha value is -2.43. The lowest BCUT2D eigenvalue weighted by Crippen LogP contribution is -2.25. The second-order valence-electron chi connectivity index (χ2n) is 6.29. The number of nitrogens with one attached hydrogen (secondary N) is 2. The monoisotopic (exact) mass is 310 g/mol. The molecule has 2 aromatic rings. The number of aromatic nitrogens is 2. The molecule has 120 valence electrons. The molecule has 0 bridgehead atoms. The number of fused-ring (bicyclic) bond motifs is 1. The van der Waals surface area contributed by atoms with Crippen LogP contribution in [0.3, 0.4) is 0 Å². The van der Waals surface area contributed by atoms with E-state index in [9.17, 15) is 4.79 Å². The third-order valence-electron chi connectivity index (χ3n) is 4.40. The van der Waals surface area contributed by atoms with Crippen LogP contribution in [0.2, 0.25) is 0 Å². The van der Waals surface area contributed by atoms with Crippen molar-refractivity contribution in [1.29, 1.82) is 0 Å². The first-order valence-electron chi connectivity index (χ1n) is 7.96. The highest BCUT2D eigenvalue weighted by Gasteiger charge is 2.29. The average molecular weight is 310 g/mol. The number of nitrogens with zero attached hydrogens (tertiary/aromatic N) is 2. The van der Waals surface area contributed by atoms with Gasteiger partial charge in [-0.2, -0.15) is 0 Å². The predicted octanol–water partition coefficient (Wildman–Crippen LogP) is 3.23. The molecular weight excluding hydrogens is 288 g/mol. The maximum Gasteiger partial charge on any atom is 0.273 e. The lowest BCUT2D eigenvalue weighted by atomic mass is 10.0. The maximum absolute atomic E-state index is 12.2. The van der Waals surface area contributed by atoms with Gasteiger partial charge in [0.25, 0.3) is 5.91 Å². The van der Waals surface area contributed by atoms with E-state index in [1.807, 2.05) is 25.1 Å². The summed E-state index contributed by atoms with van der Waals surface area (Å²) in [6, 6.07) is 6.27. The number of hydrogen-bond donors (Lipinski definition) is 2. The summed E-state index contributed by atoms with van der Waals surface area (Å²) in [5.41, 5.74) is 3.88. The first-order chi connectivity index (χ1) is 11.0. The van der Waals surface area contributed by atoms with Crippen LogP contribution in [-0.4, -0.2) is 29.2 Å². The Balaban J connectivity index is 2.12. The number of amides is 1. The number of carbonyl (C=O) groups is 1. The van der Waals surface area contributed by atoms with Crippen LogP contribution in [0.25, 0.3) is 16.5 Å². The van der Waals surface area contributed by atoms with Gasteiger partial charge in [0.2, 0.25) is 0 Å². The van der Waals surface area contributed by atoms with Crippen molar-refractivity contribution in [3.8, 4) is 0 Å². The Morgan fingerprint density at radius 2 is 2.09 bits per heavy atom. The third kappa shape index (κ3) is 3.04. The standard InChI is InChI=1S/C18H22N4O/c1-10(2)13-7-8-14-15(9-13)21-22-17(18(23)19-4)16(14)20-11(3)12-5-6-12/h7-9,11-12H,1,5-6H2,2-4H3,(H,19,23)(H,20,21). The van der Waals surface area contributed by atoms with Crippen molar-refractivity contribution >= 4 is 28.1 Å². The van der Waals surface area contributed by atoms with E-state index in [2.05, 4.69) is 34.3 Å². The van der Waals surface area contributed by atoms with Crippen LogP contribution in [-0.2, 0) is 0 Å². The Morgan fingerprint density at radius 3 is 2.70 bits per heavy atom. The van der Waals surface area contributed by atoms with Gasteiger partial charge in [0, 0.05) is 18.5 Å². The van der Waals surface area contributed by atoms with E-state index in [1.165, 1.54) is 12.8 Å². The fraction of sp³-hybridized carbons (Fsp3) is 0.389. The van der Waals surface area contributed by atoms with Gasteiger partial charge in [-0.3, -0.25) is 4.79 Å². The van der Waals surface area contributed by atoms with E-state index in [4.69, 9.17) is 0 Å². The fourth-order valence-electron chi connectivity index (χ4n) is 2.74.